The van der Waals surface area contributed by atoms with Crippen molar-refractivity contribution in [2.45, 2.75) is 92.7 Å². The fourth-order valence-corrected chi connectivity index (χ4v) is 8.40. The summed E-state index contributed by atoms with van der Waals surface area (Å²) in [6.07, 6.45) is 8.75. The van der Waals surface area contributed by atoms with E-state index in [1.54, 1.807) is 32.7 Å². The van der Waals surface area contributed by atoms with Gasteiger partial charge in [0.25, 0.3) is 0 Å². The number of anilines is 1. The third-order valence-electron chi connectivity index (χ3n) is 10.4. The van der Waals surface area contributed by atoms with E-state index in [1.165, 1.54) is 27.2 Å². The Morgan fingerprint density at radius 3 is 2.42 bits per heavy atom. The predicted octanol–water partition coefficient (Wildman–Crippen LogP) is 7.73. The summed E-state index contributed by atoms with van der Waals surface area (Å²) in [5.74, 6) is 0. The summed E-state index contributed by atoms with van der Waals surface area (Å²) in [7, 11) is 5.33. The number of pyridine rings is 1. The first-order valence-electron chi connectivity index (χ1n) is 20.5. The van der Waals surface area contributed by atoms with Crippen molar-refractivity contribution in [1.29, 1.82) is 0 Å². The molecule has 1 amide bonds. The summed E-state index contributed by atoms with van der Waals surface area (Å²) in [6.45, 7) is 22.8. The van der Waals surface area contributed by atoms with Crippen molar-refractivity contribution in [3.8, 4) is 22.5 Å². The number of hydrogen-bond donors (Lipinski definition) is 2. The van der Waals surface area contributed by atoms with Crippen LogP contribution in [0.1, 0.15) is 89.6 Å². The lowest BCUT2D eigenvalue weighted by Gasteiger charge is -2.36. The Hall–Kier alpha value is -3.72. The average molecular weight is 808 g/mol. The first-order chi connectivity index (χ1) is 27.7. The molecule has 12 nitrogen and oxygen atoms in total. The number of hydrogen-bond acceptors (Lipinski definition) is 11. The molecule has 5 rings (SSSR count). The van der Waals surface area contributed by atoms with E-state index in [1.807, 2.05) is 26.8 Å². The summed E-state index contributed by atoms with van der Waals surface area (Å²) >= 11 is 1.75. The van der Waals surface area contributed by atoms with Crippen LogP contribution < -0.4 is 15.8 Å². The van der Waals surface area contributed by atoms with Crippen LogP contribution in [0.5, 0.6) is 0 Å². The number of carbonyl (C=O) groups is 2. The molecule has 1 unspecified atom stereocenters. The average Bonchev–Trinajstić information content (AvgIpc) is 3.84. The number of ether oxygens (including phenoxy) is 3. The number of thiazole rings is 1. The second-order valence-corrected chi connectivity index (χ2v) is 15.8. The van der Waals surface area contributed by atoms with Crippen molar-refractivity contribution in [3.05, 3.63) is 52.1 Å². The van der Waals surface area contributed by atoms with Crippen LogP contribution in [-0.4, -0.2) is 106 Å². The van der Waals surface area contributed by atoms with E-state index in [0.717, 1.165) is 119 Å². The van der Waals surface area contributed by atoms with Gasteiger partial charge in [0, 0.05) is 94.6 Å². The first-order valence-corrected chi connectivity index (χ1v) is 21.4. The topological polar surface area (TPSA) is 123 Å². The molecule has 0 aliphatic carbocycles. The zero-order chi connectivity index (χ0) is 41.8. The molecule has 1 atom stereocenters. The van der Waals surface area contributed by atoms with Crippen LogP contribution in [0.2, 0.25) is 0 Å². The molecule has 1 aromatic carbocycles. The van der Waals surface area contributed by atoms with Crippen LogP contribution in [0.4, 0.5) is 5.69 Å². The molecule has 4 heterocycles. The van der Waals surface area contributed by atoms with Gasteiger partial charge < -0.3 is 28.5 Å². The molecule has 1 aliphatic rings. The second-order valence-electron chi connectivity index (χ2n) is 14.9. The molecule has 4 aromatic rings. The highest BCUT2D eigenvalue weighted by molar-refractivity contribution is 7.09. The lowest BCUT2D eigenvalue weighted by molar-refractivity contribution is -0.110. The van der Waals surface area contributed by atoms with E-state index >= 15 is 0 Å². The van der Waals surface area contributed by atoms with Gasteiger partial charge in [0.1, 0.15) is 6.79 Å². The number of amides is 1. The standard InChI is InChI=1S/C41H61N7O4S.C2H6.CH2O/c1-8-48-37-15-14-31(36-27-53-38(45-36)13-11-9-10-12-16-43-44-29-49)23-33(37)35(25-41(3,4)28-51-6)40(48)34-24-32(26-42-39(34)30(2)52-7)47-19-17-46(18-20-47)21-22-50-5;2*1-2/h14-15,23-24,26-27,29-30,43H,8-13,16-22,25,28H2,1-7H3,(H,44,49);1-2H3;1H2. The van der Waals surface area contributed by atoms with Crippen molar-refractivity contribution in [2.75, 3.05) is 78.7 Å². The molecule has 0 radical (unpaired) electrons. The van der Waals surface area contributed by atoms with Crippen molar-refractivity contribution in [3.63, 3.8) is 0 Å². The predicted molar refractivity (Wildman–Crippen MR) is 235 cm³/mol. The Kier molecular flexibility index (Phi) is 20.8. The van der Waals surface area contributed by atoms with Crippen LogP contribution in [-0.2, 0) is 43.2 Å². The largest absolute Gasteiger partial charge is 0.384 e. The SMILES string of the molecule is C=O.CC.CCn1c(-c2cc(N3CCN(CCOC)CC3)cnc2C(C)OC)c(CC(C)(C)COC)c2cc(-c3csc(CCCCCCNNC=O)n3)ccc21. The van der Waals surface area contributed by atoms with Crippen LogP contribution in [0.15, 0.2) is 35.8 Å². The molecule has 2 N–H and O–H groups in total. The zero-order valence-electron chi connectivity index (χ0n) is 36.1. The molecule has 3 aromatic heterocycles. The number of hydrazine groups is 1. The minimum atomic E-state index is -0.173. The molecular formula is C44H69N7O5S. The summed E-state index contributed by atoms with van der Waals surface area (Å²) < 4.78 is 19.5. The lowest BCUT2D eigenvalue weighted by Crippen LogP contribution is -2.47. The van der Waals surface area contributed by atoms with Gasteiger partial charge in [-0.2, -0.15) is 0 Å². The molecule has 13 heteroatoms. The highest BCUT2D eigenvalue weighted by Gasteiger charge is 2.29. The van der Waals surface area contributed by atoms with Gasteiger partial charge in [-0.1, -0.05) is 46.6 Å². The highest BCUT2D eigenvalue weighted by Crippen LogP contribution is 2.43. The molecular weight excluding hydrogens is 739 g/mol. The van der Waals surface area contributed by atoms with Gasteiger partial charge >= 0.3 is 0 Å². The van der Waals surface area contributed by atoms with Gasteiger partial charge in [0.2, 0.25) is 6.41 Å². The number of unbranched alkanes of at least 4 members (excludes halogenated alkanes) is 3. The monoisotopic (exact) mass is 808 g/mol. The Bertz CT molecular complexity index is 1770. The molecule has 316 valence electrons. The molecule has 0 bridgehead atoms. The Morgan fingerprint density at radius 1 is 1.02 bits per heavy atom. The normalized spacial score (nSPS) is 13.8. The van der Waals surface area contributed by atoms with Crippen LogP contribution in [0.25, 0.3) is 33.4 Å². The molecule has 1 aliphatic heterocycles. The fourth-order valence-electron chi connectivity index (χ4n) is 7.55. The van der Waals surface area contributed by atoms with Gasteiger partial charge in [-0.25, -0.2) is 10.4 Å². The second kappa shape index (κ2) is 24.9. The van der Waals surface area contributed by atoms with E-state index in [2.05, 4.69) is 82.6 Å². The number of aromatic nitrogens is 3. The number of fused-ring (bicyclic) bond motifs is 1. The van der Waals surface area contributed by atoms with Gasteiger partial charge in [0.05, 0.1) is 53.3 Å². The number of carbonyl (C=O) groups excluding carboxylic acids is 2. The fraction of sp³-hybridized carbons (Fsp3) is 0.591. The number of methoxy groups -OCH3 is 3. The maximum atomic E-state index is 10.4. The van der Waals surface area contributed by atoms with Gasteiger partial charge in [-0.05, 0) is 68.7 Å². The Labute approximate surface area is 345 Å². The number of piperazine rings is 1. The van der Waals surface area contributed by atoms with Gasteiger partial charge in [-0.15, -0.1) is 11.3 Å². The third kappa shape index (κ3) is 13.1. The number of aryl methyl sites for hydroxylation is 2. The first kappa shape index (κ1) is 47.7. The smallest absolute Gasteiger partial charge is 0.221 e. The molecule has 1 saturated heterocycles. The van der Waals surface area contributed by atoms with E-state index in [0.29, 0.717) is 13.0 Å². The zero-order valence-corrected chi connectivity index (χ0v) is 36.9. The van der Waals surface area contributed by atoms with E-state index in [9.17, 15) is 4.79 Å². The molecule has 0 saturated carbocycles. The van der Waals surface area contributed by atoms with Crippen molar-refractivity contribution in [2.24, 2.45) is 5.41 Å². The minimum absolute atomic E-state index is 0.0994. The van der Waals surface area contributed by atoms with Crippen molar-refractivity contribution < 1.29 is 23.8 Å². The number of nitrogens with zero attached hydrogens (tertiary/aromatic N) is 5. The molecule has 1 fully saturated rings. The van der Waals surface area contributed by atoms with Gasteiger partial charge in [0.15, 0.2) is 0 Å². The highest BCUT2D eigenvalue weighted by atomic mass is 32.1. The van der Waals surface area contributed by atoms with Crippen molar-refractivity contribution in [1.82, 2.24) is 30.3 Å². The lowest BCUT2D eigenvalue weighted by atomic mass is 9.84. The van der Waals surface area contributed by atoms with Gasteiger partial charge in [-0.3, -0.25) is 20.1 Å². The molecule has 57 heavy (non-hydrogen) atoms. The van der Waals surface area contributed by atoms with E-state index < -0.39 is 0 Å². The minimum Gasteiger partial charge on any atom is -0.384 e. The Balaban J connectivity index is 0.00000211. The maximum absolute atomic E-state index is 10.4. The third-order valence-corrected chi connectivity index (χ3v) is 11.3. The van der Waals surface area contributed by atoms with Crippen LogP contribution in [0.3, 0.4) is 0 Å². The quantitative estimate of drug-likeness (QED) is 0.0464. The summed E-state index contributed by atoms with van der Waals surface area (Å²) in [5, 5.41) is 4.64. The maximum Gasteiger partial charge on any atom is 0.221 e. The van der Waals surface area contributed by atoms with E-state index in [-0.39, 0.29) is 11.5 Å². The summed E-state index contributed by atoms with van der Waals surface area (Å²) in [4.78, 5) is 33.6. The summed E-state index contributed by atoms with van der Waals surface area (Å²) in [6, 6.07) is 9.24. The number of rotatable bonds is 22. The van der Waals surface area contributed by atoms with Crippen LogP contribution in [0, 0.1) is 5.41 Å². The molecule has 0 spiro atoms. The summed E-state index contributed by atoms with van der Waals surface area (Å²) in [5.41, 5.74) is 14.5. The van der Waals surface area contributed by atoms with E-state index in [4.69, 9.17) is 29.0 Å². The number of nitrogens with one attached hydrogen (secondary N) is 2. The Morgan fingerprint density at radius 2 is 1.75 bits per heavy atom. The van der Waals surface area contributed by atoms with Crippen LogP contribution >= 0.6 is 11.3 Å². The van der Waals surface area contributed by atoms with Crippen molar-refractivity contribution >= 4 is 41.1 Å². The number of benzene rings is 1.